The molecule has 134 valence electrons. The maximum Gasteiger partial charge on any atom is 0.193 e. The summed E-state index contributed by atoms with van der Waals surface area (Å²) in [5.74, 6) is 0.937. The summed E-state index contributed by atoms with van der Waals surface area (Å²) >= 11 is 3.62. The average molecular weight is 396 g/mol. The molecule has 2 rings (SSSR count). The number of aliphatic imine (C=N–C) groups is 1. The van der Waals surface area contributed by atoms with E-state index in [-0.39, 0.29) is 0 Å². The number of hydrogen-bond donors (Lipinski definition) is 1. The van der Waals surface area contributed by atoms with Gasteiger partial charge in [-0.05, 0) is 25.6 Å². The number of likely N-dealkylation sites (N-methyl/N-ethyl adjacent to an activating group) is 1. The Balaban J connectivity index is 1.84. The molecule has 0 saturated carbocycles. The van der Waals surface area contributed by atoms with E-state index in [2.05, 4.69) is 80.2 Å². The van der Waals surface area contributed by atoms with Gasteiger partial charge in [0.15, 0.2) is 5.96 Å². The van der Waals surface area contributed by atoms with Gasteiger partial charge in [0.2, 0.25) is 0 Å². The minimum absolute atomic E-state index is 0.507. The molecule has 0 bridgehead atoms. The topological polar surface area (TPSA) is 34.1 Å². The highest BCUT2D eigenvalue weighted by molar-refractivity contribution is 9.10. The van der Waals surface area contributed by atoms with E-state index in [1.165, 1.54) is 5.56 Å². The fourth-order valence-corrected chi connectivity index (χ4v) is 3.38. The summed E-state index contributed by atoms with van der Waals surface area (Å²) in [6, 6.07) is 8.83. The fourth-order valence-electron chi connectivity index (χ4n) is 2.97. The molecule has 1 saturated heterocycles. The molecule has 1 aliphatic rings. The molecule has 6 heteroatoms. The Bertz CT molecular complexity index is 540. The van der Waals surface area contributed by atoms with E-state index in [4.69, 9.17) is 0 Å². The van der Waals surface area contributed by atoms with Crippen molar-refractivity contribution in [1.29, 1.82) is 0 Å². The molecule has 24 heavy (non-hydrogen) atoms. The van der Waals surface area contributed by atoms with E-state index in [0.717, 1.165) is 49.7 Å². The van der Waals surface area contributed by atoms with Crippen LogP contribution in [0.15, 0.2) is 33.7 Å². The third-order valence-corrected chi connectivity index (χ3v) is 5.43. The highest BCUT2D eigenvalue weighted by atomic mass is 79.9. The molecule has 1 atom stereocenters. The van der Waals surface area contributed by atoms with Crippen LogP contribution in [0, 0.1) is 0 Å². The number of hydrogen-bond acceptors (Lipinski definition) is 3. The summed E-state index contributed by atoms with van der Waals surface area (Å²) < 4.78 is 1.14. The Hall–Kier alpha value is -1.11. The van der Waals surface area contributed by atoms with Gasteiger partial charge in [0.05, 0.1) is 0 Å². The van der Waals surface area contributed by atoms with Gasteiger partial charge in [-0.15, -0.1) is 0 Å². The van der Waals surface area contributed by atoms with Crippen LogP contribution < -0.4 is 5.32 Å². The van der Waals surface area contributed by atoms with Crippen LogP contribution in [0.5, 0.6) is 0 Å². The Morgan fingerprint density at radius 1 is 1.29 bits per heavy atom. The summed E-state index contributed by atoms with van der Waals surface area (Å²) in [7, 11) is 6.12. The number of guanidine groups is 1. The van der Waals surface area contributed by atoms with Gasteiger partial charge in [-0.25, -0.2) is 0 Å². The molecule has 0 aromatic heterocycles. The largest absolute Gasteiger partial charge is 0.355 e. The number of nitrogens with zero attached hydrogens (tertiary/aromatic N) is 4. The lowest BCUT2D eigenvalue weighted by atomic mass is 10.2. The van der Waals surface area contributed by atoms with Crippen molar-refractivity contribution < 1.29 is 0 Å². The third kappa shape index (κ3) is 5.46. The van der Waals surface area contributed by atoms with Crippen LogP contribution in [-0.4, -0.2) is 80.6 Å². The number of nitrogens with one attached hydrogen (secondary N) is 1. The Morgan fingerprint density at radius 3 is 2.58 bits per heavy atom. The Kier molecular flexibility index (Phi) is 7.52. The summed E-state index contributed by atoms with van der Waals surface area (Å²) in [6.07, 6.45) is 0. The van der Waals surface area contributed by atoms with Crippen LogP contribution in [-0.2, 0) is 6.54 Å². The fraction of sp³-hybridized carbons (Fsp3) is 0.611. The van der Waals surface area contributed by atoms with Crippen molar-refractivity contribution in [3.8, 4) is 0 Å². The number of halogens is 1. The normalized spacial score (nSPS) is 18.5. The van der Waals surface area contributed by atoms with Crippen molar-refractivity contribution in [2.45, 2.75) is 19.5 Å². The van der Waals surface area contributed by atoms with Crippen molar-refractivity contribution in [3.05, 3.63) is 34.3 Å². The SMILES string of the molecule is CN=C(NCC(C)N1CCN(C)CC1)N(C)Cc1ccccc1Br. The first-order valence-electron chi connectivity index (χ1n) is 8.59. The highest BCUT2D eigenvalue weighted by Gasteiger charge is 2.19. The number of piperazine rings is 1. The van der Waals surface area contributed by atoms with Gasteiger partial charge < -0.3 is 15.1 Å². The van der Waals surface area contributed by atoms with E-state index < -0.39 is 0 Å². The number of rotatable bonds is 5. The lowest BCUT2D eigenvalue weighted by Gasteiger charge is -2.37. The molecule has 1 N–H and O–H groups in total. The molecule has 5 nitrogen and oxygen atoms in total. The zero-order valence-corrected chi connectivity index (χ0v) is 16.9. The molecule has 0 radical (unpaired) electrons. The van der Waals surface area contributed by atoms with Crippen molar-refractivity contribution in [3.63, 3.8) is 0 Å². The standard InChI is InChI=1S/C18H30BrN5/c1-15(24-11-9-22(3)10-12-24)13-21-18(20-2)23(4)14-16-7-5-6-8-17(16)19/h5-8,15H,9-14H2,1-4H3,(H,20,21). The van der Waals surface area contributed by atoms with Gasteiger partial charge >= 0.3 is 0 Å². The molecular weight excluding hydrogens is 366 g/mol. The van der Waals surface area contributed by atoms with Gasteiger partial charge in [-0.2, -0.15) is 0 Å². The molecule has 1 aliphatic heterocycles. The molecule has 1 heterocycles. The van der Waals surface area contributed by atoms with E-state index in [9.17, 15) is 0 Å². The lowest BCUT2D eigenvalue weighted by Crippen LogP contribution is -2.52. The Morgan fingerprint density at radius 2 is 1.96 bits per heavy atom. The molecule has 1 aromatic carbocycles. The van der Waals surface area contributed by atoms with Crippen LogP contribution in [0.25, 0.3) is 0 Å². The van der Waals surface area contributed by atoms with Crippen LogP contribution in [0.4, 0.5) is 0 Å². The van der Waals surface area contributed by atoms with Crippen LogP contribution >= 0.6 is 15.9 Å². The first kappa shape index (κ1) is 19.2. The zero-order chi connectivity index (χ0) is 17.5. The second-order valence-electron chi connectivity index (χ2n) is 6.56. The van der Waals surface area contributed by atoms with Crippen LogP contribution in [0.2, 0.25) is 0 Å². The minimum Gasteiger partial charge on any atom is -0.355 e. The van der Waals surface area contributed by atoms with E-state index in [1.807, 2.05) is 13.1 Å². The molecule has 0 amide bonds. The van der Waals surface area contributed by atoms with Gasteiger partial charge in [0.25, 0.3) is 0 Å². The van der Waals surface area contributed by atoms with Crippen LogP contribution in [0.3, 0.4) is 0 Å². The molecule has 1 unspecified atom stereocenters. The first-order valence-corrected chi connectivity index (χ1v) is 9.38. The van der Waals surface area contributed by atoms with Gasteiger partial charge in [0.1, 0.15) is 0 Å². The second kappa shape index (κ2) is 9.39. The van der Waals surface area contributed by atoms with Crippen LogP contribution in [0.1, 0.15) is 12.5 Å². The Labute approximate surface area is 154 Å². The second-order valence-corrected chi connectivity index (χ2v) is 7.42. The van der Waals surface area contributed by atoms with Crippen molar-refractivity contribution in [2.75, 3.05) is 53.9 Å². The summed E-state index contributed by atoms with van der Waals surface area (Å²) in [4.78, 5) is 11.5. The molecule has 0 aliphatic carbocycles. The van der Waals surface area contributed by atoms with E-state index >= 15 is 0 Å². The molecule has 1 aromatic rings. The lowest BCUT2D eigenvalue weighted by molar-refractivity contribution is 0.119. The molecule has 1 fully saturated rings. The summed E-state index contributed by atoms with van der Waals surface area (Å²) in [5, 5.41) is 3.52. The van der Waals surface area contributed by atoms with Crippen molar-refractivity contribution >= 4 is 21.9 Å². The van der Waals surface area contributed by atoms with Gasteiger partial charge in [-0.1, -0.05) is 34.1 Å². The highest BCUT2D eigenvalue weighted by Crippen LogP contribution is 2.17. The number of benzene rings is 1. The average Bonchev–Trinajstić information content (AvgIpc) is 2.58. The van der Waals surface area contributed by atoms with Gasteiger partial charge in [0, 0.05) is 63.9 Å². The monoisotopic (exact) mass is 395 g/mol. The molecule has 0 spiro atoms. The quantitative estimate of drug-likeness (QED) is 0.611. The van der Waals surface area contributed by atoms with Gasteiger partial charge in [-0.3, -0.25) is 9.89 Å². The van der Waals surface area contributed by atoms with Crippen molar-refractivity contribution in [2.24, 2.45) is 4.99 Å². The third-order valence-electron chi connectivity index (χ3n) is 4.66. The predicted octanol–water partition coefficient (Wildman–Crippen LogP) is 2.09. The van der Waals surface area contributed by atoms with Crippen molar-refractivity contribution in [1.82, 2.24) is 20.0 Å². The first-order chi connectivity index (χ1) is 11.5. The molecular formula is C18H30BrN5. The summed E-state index contributed by atoms with van der Waals surface area (Å²) in [6.45, 7) is 8.62. The zero-order valence-electron chi connectivity index (χ0n) is 15.3. The minimum atomic E-state index is 0.507. The van der Waals surface area contributed by atoms with E-state index in [0.29, 0.717) is 6.04 Å². The van der Waals surface area contributed by atoms with E-state index in [1.54, 1.807) is 0 Å². The predicted molar refractivity (Wildman–Crippen MR) is 106 cm³/mol. The smallest absolute Gasteiger partial charge is 0.193 e. The maximum absolute atomic E-state index is 4.43. The summed E-state index contributed by atoms with van der Waals surface area (Å²) in [5.41, 5.74) is 1.26. The maximum atomic E-state index is 4.43.